The van der Waals surface area contributed by atoms with Gasteiger partial charge in [-0.25, -0.2) is 4.39 Å². The van der Waals surface area contributed by atoms with E-state index in [1.807, 2.05) is 30.3 Å². The summed E-state index contributed by atoms with van der Waals surface area (Å²) in [6, 6.07) is 13.5. The Morgan fingerprint density at radius 3 is 2.32 bits per heavy atom. The van der Waals surface area contributed by atoms with Gasteiger partial charge in [-0.2, -0.15) is 13.2 Å². The van der Waals surface area contributed by atoms with Crippen LogP contribution in [0.2, 0.25) is 0 Å². The van der Waals surface area contributed by atoms with Crippen LogP contribution in [0.5, 0.6) is 0 Å². The van der Waals surface area contributed by atoms with E-state index in [0.717, 1.165) is 36.6 Å². The lowest BCUT2D eigenvalue weighted by Gasteiger charge is -2.47. The molecule has 0 unspecified atom stereocenters. The van der Waals surface area contributed by atoms with Gasteiger partial charge in [-0.3, -0.25) is 14.5 Å². The van der Waals surface area contributed by atoms with Crippen molar-refractivity contribution in [1.29, 1.82) is 0 Å². The summed E-state index contributed by atoms with van der Waals surface area (Å²) in [7, 11) is 0. The quantitative estimate of drug-likeness (QED) is 0.618. The summed E-state index contributed by atoms with van der Waals surface area (Å²) in [5, 5.41) is 5.18. The lowest BCUT2D eigenvalue weighted by atomic mass is 9.78. The van der Waals surface area contributed by atoms with E-state index in [0.29, 0.717) is 25.9 Å². The van der Waals surface area contributed by atoms with E-state index in [2.05, 4.69) is 15.5 Å². The summed E-state index contributed by atoms with van der Waals surface area (Å²) >= 11 is 0. The number of benzene rings is 2. The van der Waals surface area contributed by atoms with E-state index >= 15 is 4.39 Å². The Hall–Kier alpha value is -2.94. The summed E-state index contributed by atoms with van der Waals surface area (Å²) in [4.78, 5) is 26.5. The summed E-state index contributed by atoms with van der Waals surface area (Å²) in [5.41, 5.74) is -1.63. The highest BCUT2D eigenvalue weighted by molar-refractivity contribution is 5.96. The van der Waals surface area contributed by atoms with Crippen LogP contribution >= 0.6 is 0 Å². The molecule has 182 valence electrons. The van der Waals surface area contributed by atoms with E-state index in [9.17, 15) is 22.8 Å². The van der Waals surface area contributed by atoms with E-state index < -0.39 is 29.2 Å². The summed E-state index contributed by atoms with van der Waals surface area (Å²) in [6.07, 6.45) is -2.11. The molecule has 0 aromatic heterocycles. The highest BCUT2D eigenvalue weighted by Crippen LogP contribution is 2.42. The van der Waals surface area contributed by atoms with Crippen molar-refractivity contribution in [2.24, 2.45) is 0 Å². The highest BCUT2D eigenvalue weighted by atomic mass is 19.4. The molecule has 2 aromatic rings. The molecule has 2 fully saturated rings. The van der Waals surface area contributed by atoms with Gasteiger partial charge in [0.25, 0.3) is 5.91 Å². The zero-order valence-corrected chi connectivity index (χ0v) is 18.6. The van der Waals surface area contributed by atoms with Crippen molar-refractivity contribution in [3.05, 3.63) is 71.3 Å². The van der Waals surface area contributed by atoms with Gasteiger partial charge < -0.3 is 10.6 Å². The first kappa shape index (κ1) is 24.2. The zero-order valence-electron chi connectivity index (χ0n) is 18.6. The van der Waals surface area contributed by atoms with E-state index in [4.69, 9.17) is 0 Å². The maximum Gasteiger partial charge on any atom is 0.416 e. The number of rotatable bonds is 6. The third-order valence-electron chi connectivity index (χ3n) is 6.69. The molecule has 4 rings (SSSR count). The number of halogens is 4. The summed E-state index contributed by atoms with van der Waals surface area (Å²) < 4.78 is 53.7. The molecule has 2 amide bonds. The Morgan fingerprint density at radius 1 is 1.00 bits per heavy atom. The summed E-state index contributed by atoms with van der Waals surface area (Å²) in [6.45, 7) is 0.988. The predicted octanol–water partition coefficient (Wildman–Crippen LogP) is 4.04. The maximum absolute atomic E-state index is 15.3. The minimum Gasteiger partial charge on any atom is -0.349 e. The molecule has 9 heteroatoms. The zero-order chi connectivity index (χ0) is 24.3. The average molecular weight is 478 g/mol. The molecule has 2 N–H and O–H groups in total. The molecule has 0 atom stereocenters. The SMILES string of the molecule is O=C(CNC(=O)c1cccc(C(F)(F)F)c1)NC1CN([C@H]2CC[C@@](F)(c3ccccc3)CC2)C1. The van der Waals surface area contributed by atoms with Crippen LogP contribution in [-0.4, -0.2) is 48.4 Å². The van der Waals surface area contributed by atoms with Crippen molar-refractivity contribution < 1.29 is 27.2 Å². The van der Waals surface area contributed by atoms with E-state index in [1.165, 1.54) is 6.07 Å². The van der Waals surface area contributed by atoms with Crippen LogP contribution in [0.25, 0.3) is 0 Å². The number of carbonyl (C=O) groups excluding carboxylic acids is 2. The minimum atomic E-state index is -4.55. The number of alkyl halides is 4. The number of nitrogens with one attached hydrogen (secondary N) is 2. The van der Waals surface area contributed by atoms with Crippen LogP contribution in [0, 0.1) is 0 Å². The monoisotopic (exact) mass is 477 g/mol. The average Bonchev–Trinajstić information content (AvgIpc) is 2.80. The molecule has 1 aliphatic heterocycles. The van der Waals surface area contributed by atoms with Crippen molar-refractivity contribution in [3.63, 3.8) is 0 Å². The normalized spacial score (nSPS) is 23.7. The smallest absolute Gasteiger partial charge is 0.349 e. The molecule has 5 nitrogen and oxygen atoms in total. The number of carbonyl (C=O) groups is 2. The number of hydrogen-bond acceptors (Lipinski definition) is 3. The molecular weight excluding hydrogens is 450 g/mol. The van der Waals surface area contributed by atoms with Gasteiger partial charge in [0.05, 0.1) is 18.2 Å². The van der Waals surface area contributed by atoms with E-state index in [1.54, 1.807) is 0 Å². The topological polar surface area (TPSA) is 61.4 Å². The van der Waals surface area contributed by atoms with Crippen LogP contribution in [0.4, 0.5) is 17.6 Å². The lowest BCUT2D eigenvalue weighted by Crippen LogP contribution is -2.63. The molecule has 1 heterocycles. The van der Waals surface area contributed by atoms with Gasteiger partial charge >= 0.3 is 6.18 Å². The van der Waals surface area contributed by atoms with Gasteiger partial charge in [0.2, 0.25) is 5.91 Å². The van der Waals surface area contributed by atoms with Gasteiger partial charge in [0.15, 0.2) is 0 Å². The second-order valence-electron chi connectivity index (χ2n) is 9.04. The van der Waals surface area contributed by atoms with Gasteiger partial charge in [-0.15, -0.1) is 0 Å². The van der Waals surface area contributed by atoms with Crippen LogP contribution in [0.1, 0.15) is 47.2 Å². The van der Waals surface area contributed by atoms with Crippen molar-refractivity contribution >= 4 is 11.8 Å². The molecule has 0 bridgehead atoms. The number of nitrogens with zero attached hydrogens (tertiary/aromatic N) is 1. The van der Waals surface area contributed by atoms with Gasteiger partial charge in [-0.1, -0.05) is 36.4 Å². The van der Waals surface area contributed by atoms with Crippen LogP contribution in [-0.2, 0) is 16.6 Å². The van der Waals surface area contributed by atoms with Crippen molar-refractivity contribution in [2.45, 2.75) is 49.6 Å². The molecule has 0 spiro atoms. The third-order valence-corrected chi connectivity index (χ3v) is 6.69. The van der Waals surface area contributed by atoms with Gasteiger partial charge in [0.1, 0.15) is 5.67 Å². The Balaban J connectivity index is 1.17. The fourth-order valence-electron chi connectivity index (χ4n) is 4.73. The van der Waals surface area contributed by atoms with Crippen LogP contribution in [0.15, 0.2) is 54.6 Å². The Morgan fingerprint density at radius 2 is 1.68 bits per heavy atom. The maximum atomic E-state index is 15.3. The fourth-order valence-corrected chi connectivity index (χ4v) is 4.73. The first-order valence-electron chi connectivity index (χ1n) is 11.4. The number of likely N-dealkylation sites (tertiary alicyclic amines) is 1. The predicted molar refractivity (Wildman–Crippen MR) is 119 cm³/mol. The molecule has 2 aromatic carbocycles. The first-order valence-corrected chi connectivity index (χ1v) is 11.4. The van der Waals surface area contributed by atoms with E-state index in [-0.39, 0.29) is 24.2 Å². The van der Waals surface area contributed by atoms with Crippen LogP contribution < -0.4 is 10.6 Å². The highest BCUT2D eigenvalue weighted by Gasteiger charge is 2.41. The van der Waals surface area contributed by atoms with Crippen molar-refractivity contribution in [3.8, 4) is 0 Å². The molecular formula is C25H27F4N3O2. The number of hydrogen-bond donors (Lipinski definition) is 2. The Labute approximate surface area is 195 Å². The lowest BCUT2D eigenvalue weighted by molar-refractivity contribution is -0.137. The molecule has 0 radical (unpaired) electrons. The minimum absolute atomic E-state index is 0.0656. The Bertz CT molecular complexity index is 1010. The Kier molecular flexibility index (Phi) is 6.93. The van der Waals surface area contributed by atoms with Crippen LogP contribution in [0.3, 0.4) is 0 Å². The van der Waals surface area contributed by atoms with Gasteiger partial charge in [-0.05, 0) is 49.4 Å². The fraction of sp³-hybridized carbons (Fsp3) is 0.440. The van der Waals surface area contributed by atoms with Crippen molar-refractivity contribution in [1.82, 2.24) is 15.5 Å². The molecule has 34 heavy (non-hydrogen) atoms. The molecule has 1 saturated carbocycles. The summed E-state index contributed by atoms with van der Waals surface area (Å²) in [5.74, 6) is -1.15. The molecule has 2 aliphatic rings. The third kappa shape index (κ3) is 5.58. The standard InChI is InChI=1S/C25H27F4N3O2/c26-24(18-6-2-1-3-7-18)11-9-21(10-12-24)32-15-20(16-32)31-22(33)14-30-23(34)17-5-4-8-19(13-17)25(27,28)29/h1-8,13,20-21H,9-12,14-16H2,(H,30,34)(H,31,33)/t21-,24-. The second-order valence-corrected chi connectivity index (χ2v) is 9.04. The second kappa shape index (κ2) is 9.74. The van der Waals surface area contributed by atoms with Gasteiger partial charge in [0, 0.05) is 24.7 Å². The van der Waals surface area contributed by atoms with Crippen molar-refractivity contribution in [2.75, 3.05) is 19.6 Å². The number of amides is 2. The molecule has 1 saturated heterocycles. The first-order chi connectivity index (χ1) is 16.1. The molecule has 1 aliphatic carbocycles. The largest absolute Gasteiger partial charge is 0.416 e.